The van der Waals surface area contributed by atoms with Crippen LogP contribution in [0.25, 0.3) is 22.3 Å². The van der Waals surface area contributed by atoms with E-state index in [9.17, 15) is 14.9 Å². The summed E-state index contributed by atoms with van der Waals surface area (Å²) in [6.07, 6.45) is 4.73. The van der Waals surface area contributed by atoms with Crippen LogP contribution in [0.3, 0.4) is 0 Å². The first-order valence-electron chi connectivity index (χ1n) is 11.5. The zero-order valence-corrected chi connectivity index (χ0v) is 20.9. The molecule has 0 atom stereocenters. The lowest BCUT2D eigenvalue weighted by atomic mass is 9.90. The van der Waals surface area contributed by atoms with Crippen LogP contribution in [-0.2, 0) is 5.41 Å². The Kier molecular flexibility index (Phi) is 7.02. The molecule has 3 aromatic heterocycles. The first-order chi connectivity index (χ1) is 17.7. The number of amides is 2. The molecule has 2 N–H and O–H groups in total. The van der Waals surface area contributed by atoms with Crippen LogP contribution >= 0.6 is 0 Å². The third-order valence-corrected chi connectivity index (χ3v) is 5.91. The van der Waals surface area contributed by atoms with E-state index < -0.39 is 5.41 Å². The Balaban J connectivity index is 1.63. The Morgan fingerprint density at radius 1 is 0.946 bits per heavy atom. The summed E-state index contributed by atoms with van der Waals surface area (Å²) in [5, 5.41) is 22.7. The number of hydrogen-bond acceptors (Lipinski definition) is 7. The fourth-order valence-electron chi connectivity index (χ4n) is 3.70. The minimum absolute atomic E-state index is 0.227. The van der Waals surface area contributed by atoms with Gasteiger partial charge >= 0.3 is 0 Å². The number of nitrogens with one attached hydrogen (secondary N) is 2. The zero-order valence-electron chi connectivity index (χ0n) is 20.9. The Morgan fingerprint density at radius 3 is 2.49 bits per heavy atom. The van der Waals surface area contributed by atoms with Gasteiger partial charge in [0.15, 0.2) is 5.69 Å². The fraction of sp³-hybridized carbons (Fsp3) is 0.179. The molecule has 0 aliphatic carbocycles. The maximum absolute atomic E-state index is 13.0. The van der Waals surface area contributed by atoms with Crippen molar-refractivity contribution in [3.05, 3.63) is 89.8 Å². The van der Waals surface area contributed by atoms with E-state index in [0.717, 1.165) is 27.9 Å². The largest absolute Gasteiger partial charge is 0.354 e. The molecule has 0 spiro atoms. The molecule has 3 heterocycles. The highest BCUT2D eigenvalue weighted by Crippen LogP contribution is 2.30. The number of carbonyl (C=O) groups is 2. The standard InChI is InChI=1S/C28H25N7O2/c1-17-23(19-7-5-6-18(10-19)21-11-24(27(37)30-4)35-33-14-21)13-22(15-32-17)34-26(36)20-8-9-31-25(12-20)28(2,3)16-29/h5-15H,1-4H3,(H,30,37)(H,34,36). The van der Waals surface area contributed by atoms with Gasteiger partial charge in [0.1, 0.15) is 0 Å². The number of hydrogen-bond donors (Lipinski definition) is 2. The number of pyridine rings is 2. The van der Waals surface area contributed by atoms with Gasteiger partial charge in [-0.15, -0.1) is 5.10 Å². The number of aryl methyl sites for hydroxylation is 1. The lowest BCUT2D eigenvalue weighted by Crippen LogP contribution is -2.19. The van der Waals surface area contributed by atoms with Gasteiger partial charge in [-0.05, 0) is 62.2 Å². The van der Waals surface area contributed by atoms with E-state index in [1.165, 1.54) is 6.20 Å². The molecule has 2 amide bonds. The summed E-state index contributed by atoms with van der Waals surface area (Å²) in [5.74, 6) is -0.640. The first kappa shape index (κ1) is 25.1. The van der Waals surface area contributed by atoms with Gasteiger partial charge in [-0.3, -0.25) is 19.6 Å². The van der Waals surface area contributed by atoms with Crippen LogP contribution in [0.2, 0.25) is 0 Å². The van der Waals surface area contributed by atoms with Crippen molar-refractivity contribution in [2.75, 3.05) is 12.4 Å². The van der Waals surface area contributed by atoms with Gasteiger partial charge in [0.2, 0.25) is 0 Å². The molecule has 0 radical (unpaired) electrons. The highest BCUT2D eigenvalue weighted by molar-refractivity contribution is 6.04. The fourth-order valence-corrected chi connectivity index (χ4v) is 3.70. The second-order valence-corrected chi connectivity index (χ2v) is 8.97. The number of rotatable bonds is 6. The lowest BCUT2D eigenvalue weighted by molar-refractivity contribution is 0.0956. The third kappa shape index (κ3) is 5.49. The summed E-state index contributed by atoms with van der Waals surface area (Å²) in [5.41, 5.74) is 4.98. The molecule has 37 heavy (non-hydrogen) atoms. The molecule has 0 saturated carbocycles. The number of benzene rings is 1. The Hall–Kier alpha value is -4.97. The van der Waals surface area contributed by atoms with Crippen LogP contribution < -0.4 is 10.6 Å². The Bertz CT molecular complexity index is 1540. The van der Waals surface area contributed by atoms with Crippen LogP contribution in [0.15, 0.2) is 67.1 Å². The summed E-state index contributed by atoms with van der Waals surface area (Å²) in [4.78, 5) is 33.7. The molecule has 4 aromatic rings. The van der Waals surface area contributed by atoms with Crippen LogP contribution in [0.4, 0.5) is 5.69 Å². The van der Waals surface area contributed by atoms with Crippen molar-refractivity contribution in [2.24, 2.45) is 0 Å². The summed E-state index contributed by atoms with van der Waals surface area (Å²) in [6, 6.07) is 16.7. The topological polar surface area (TPSA) is 134 Å². The van der Waals surface area contributed by atoms with Gasteiger partial charge < -0.3 is 10.6 Å². The minimum atomic E-state index is -0.814. The second kappa shape index (κ2) is 10.3. The van der Waals surface area contributed by atoms with Crippen molar-refractivity contribution < 1.29 is 9.59 Å². The highest BCUT2D eigenvalue weighted by Gasteiger charge is 2.22. The second-order valence-electron chi connectivity index (χ2n) is 8.97. The van der Waals surface area contributed by atoms with Crippen molar-refractivity contribution in [3.8, 4) is 28.3 Å². The number of nitriles is 1. The van der Waals surface area contributed by atoms with Crippen molar-refractivity contribution in [1.82, 2.24) is 25.5 Å². The zero-order chi connectivity index (χ0) is 26.6. The molecule has 0 unspecified atom stereocenters. The molecule has 0 aliphatic rings. The molecule has 0 aliphatic heterocycles. The van der Waals surface area contributed by atoms with Crippen LogP contribution in [0.1, 0.15) is 46.1 Å². The summed E-state index contributed by atoms with van der Waals surface area (Å²) >= 11 is 0. The van der Waals surface area contributed by atoms with Gasteiger partial charge in [0, 0.05) is 35.6 Å². The minimum Gasteiger partial charge on any atom is -0.354 e. The van der Waals surface area contributed by atoms with Gasteiger partial charge in [0.05, 0.1) is 35.3 Å². The number of aromatic nitrogens is 4. The predicted octanol–water partition coefficient (Wildman–Crippen LogP) is 4.32. The Labute approximate surface area is 214 Å². The van der Waals surface area contributed by atoms with Gasteiger partial charge in [-0.1, -0.05) is 18.2 Å². The Morgan fingerprint density at radius 2 is 1.73 bits per heavy atom. The molecule has 9 nitrogen and oxygen atoms in total. The summed E-state index contributed by atoms with van der Waals surface area (Å²) < 4.78 is 0. The quantitative estimate of drug-likeness (QED) is 0.410. The summed E-state index contributed by atoms with van der Waals surface area (Å²) in [7, 11) is 1.54. The molecule has 1 aromatic carbocycles. The van der Waals surface area contributed by atoms with Gasteiger partial charge in [-0.25, -0.2) is 0 Å². The third-order valence-electron chi connectivity index (χ3n) is 5.91. The van der Waals surface area contributed by atoms with Gasteiger partial charge in [0.25, 0.3) is 11.8 Å². The van der Waals surface area contributed by atoms with Crippen molar-refractivity contribution in [2.45, 2.75) is 26.2 Å². The van der Waals surface area contributed by atoms with Crippen molar-refractivity contribution >= 4 is 17.5 Å². The monoisotopic (exact) mass is 491 g/mol. The van der Waals surface area contributed by atoms with Gasteiger partial charge in [-0.2, -0.15) is 10.4 Å². The van der Waals surface area contributed by atoms with E-state index in [2.05, 4.69) is 36.9 Å². The molecule has 0 saturated heterocycles. The average molecular weight is 492 g/mol. The maximum atomic E-state index is 13.0. The average Bonchev–Trinajstić information content (AvgIpc) is 2.93. The summed E-state index contributed by atoms with van der Waals surface area (Å²) in [6.45, 7) is 5.40. The molecule has 0 bridgehead atoms. The van der Waals surface area contributed by atoms with E-state index in [4.69, 9.17) is 0 Å². The number of anilines is 1. The first-order valence-corrected chi connectivity index (χ1v) is 11.5. The number of nitrogens with zero attached hydrogens (tertiary/aromatic N) is 5. The van der Waals surface area contributed by atoms with E-state index in [1.807, 2.05) is 37.3 Å². The lowest BCUT2D eigenvalue weighted by Gasteiger charge is -2.15. The predicted molar refractivity (Wildman–Crippen MR) is 140 cm³/mol. The molecular weight excluding hydrogens is 466 g/mol. The van der Waals surface area contributed by atoms with E-state index in [-0.39, 0.29) is 17.5 Å². The van der Waals surface area contributed by atoms with Crippen LogP contribution in [0.5, 0.6) is 0 Å². The number of carbonyl (C=O) groups excluding carboxylic acids is 2. The van der Waals surface area contributed by atoms with E-state index in [0.29, 0.717) is 16.9 Å². The maximum Gasteiger partial charge on any atom is 0.271 e. The molecular formula is C28H25N7O2. The van der Waals surface area contributed by atoms with E-state index >= 15 is 0 Å². The molecule has 4 rings (SSSR count). The normalized spacial score (nSPS) is 10.9. The van der Waals surface area contributed by atoms with Crippen LogP contribution in [0, 0.1) is 18.3 Å². The molecule has 184 valence electrons. The van der Waals surface area contributed by atoms with E-state index in [1.54, 1.807) is 51.5 Å². The highest BCUT2D eigenvalue weighted by atomic mass is 16.2. The van der Waals surface area contributed by atoms with Crippen molar-refractivity contribution in [1.29, 1.82) is 5.26 Å². The smallest absolute Gasteiger partial charge is 0.271 e. The molecule has 9 heteroatoms. The molecule has 0 fully saturated rings. The SMILES string of the molecule is CNC(=O)c1cc(-c2cccc(-c3cc(NC(=O)c4ccnc(C(C)(C)C#N)c4)cnc3C)c2)cnn1. The van der Waals surface area contributed by atoms with Crippen LogP contribution in [-0.4, -0.2) is 39.0 Å². The van der Waals surface area contributed by atoms with Crippen molar-refractivity contribution in [3.63, 3.8) is 0 Å².